The van der Waals surface area contributed by atoms with E-state index in [9.17, 15) is 4.79 Å². The minimum absolute atomic E-state index is 0.250. The highest BCUT2D eigenvalue weighted by Gasteiger charge is 2.18. The van der Waals surface area contributed by atoms with Gasteiger partial charge in [-0.05, 0) is 21.5 Å². The first-order chi connectivity index (χ1) is 9.67. The van der Waals surface area contributed by atoms with E-state index in [-0.39, 0.29) is 12.2 Å². The van der Waals surface area contributed by atoms with Crippen LogP contribution in [0.25, 0.3) is 0 Å². The van der Waals surface area contributed by atoms with Crippen molar-refractivity contribution in [3.8, 4) is 0 Å². The van der Waals surface area contributed by atoms with E-state index in [1.54, 1.807) is 14.2 Å². The molecular weight excluding hydrogens is 324 g/mol. The van der Waals surface area contributed by atoms with Crippen LogP contribution in [0.15, 0.2) is 39.6 Å². The molecule has 0 aliphatic rings. The monoisotopic (exact) mass is 338 g/mol. The molecular formula is C14H15BrN2O3. The fraction of sp³-hybridized carbons (Fsp3) is 0.286. The second-order valence-corrected chi connectivity index (χ2v) is 4.96. The first-order valence-corrected chi connectivity index (χ1v) is 6.82. The van der Waals surface area contributed by atoms with Crippen LogP contribution in [0, 0.1) is 0 Å². The van der Waals surface area contributed by atoms with Crippen molar-refractivity contribution in [3.63, 3.8) is 0 Å². The summed E-state index contributed by atoms with van der Waals surface area (Å²) in [6.07, 6.45) is -0.424. The number of halogens is 1. The number of ether oxygens (including phenoxy) is 2. The highest BCUT2D eigenvalue weighted by molar-refractivity contribution is 9.10. The Balaban J connectivity index is 2.48. The fourth-order valence-electron chi connectivity index (χ4n) is 1.91. The Kier molecular flexibility index (Phi) is 5.05. The maximum Gasteiger partial charge on any atom is 0.265 e. The van der Waals surface area contributed by atoms with Crippen LogP contribution in [0.3, 0.4) is 0 Å². The van der Waals surface area contributed by atoms with Crippen molar-refractivity contribution in [2.75, 3.05) is 14.2 Å². The van der Waals surface area contributed by atoms with E-state index in [4.69, 9.17) is 9.47 Å². The van der Waals surface area contributed by atoms with E-state index < -0.39 is 6.10 Å². The molecule has 0 fully saturated rings. The SMILES string of the molecule is COCc1nc(C(OC)c2ccccc2)[nH]c(=O)c1Br. The molecule has 0 aliphatic heterocycles. The van der Waals surface area contributed by atoms with Crippen LogP contribution in [-0.4, -0.2) is 24.2 Å². The number of hydrogen-bond acceptors (Lipinski definition) is 4. The summed E-state index contributed by atoms with van der Waals surface area (Å²) in [5.41, 5.74) is 1.22. The average molecular weight is 339 g/mol. The van der Waals surface area contributed by atoms with E-state index in [1.165, 1.54) is 0 Å². The molecule has 0 saturated carbocycles. The summed E-state index contributed by atoms with van der Waals surface area (Å²) in [4.78, 5) is 19.1. The zero-order chi connectivity index (χ0) is 14.5. The Bertz CT molecular complexity index is 628. The van der Waals surface area contributed by atoms with Crippen LogP contribution in [0.5, 0.6) is 0 Å². The Morgan fingerprint density at radius 1 is 1.30 bits per heavy atom. The third-order valence-electron chi connectivity index (χ3n) is 2.82. The van der Waals surface area contributed by atoms with E-state index in [2.05, 4.69) is 25.9 Å². The van der Waals surface area contributed by atoms with Gasteiger partial charge in [0.25, 0.3) is 5.56 Å². The molecule has 0 spiro atoms. The van der Waals surface area contributed by atoms with Crippen molar-refractivity contribution >= 4 is 15.9 Å². The number of benzene rings is 1. The molecule has 1 heterocycles. The van der Waals surface area contributed by atoms with Crippen LogP contribution in [0.4, 0.5) is 0 Å². The highest BCUT2D eigenvalue weighted by Crippen LogP contribution is 2.23. The topological polar surface area (TPSA) is 64.2 Å². The molecule has 1 aromatic carbocycles. The summed E-state index contributed by atoms with van der Waals surface area (Å²) < 4.78 is 10.9. The number of rotatable bonds is 5. The van der Waals surface area contributed by atoms with Gasteiger partial charge < -0.3 is 14.5 Å². The number of aromatic amines is 1. The summed E-state index contributed by atoms with van der Waals surface area (Å²) >= 11 is 3.22. The molecule has 0 amide bonds. The second kappa shape index (κ2) is 6.78. The van der Waals surface area contributed by atoms with Crippen molar-refractivity contribution in [1.29, 1.82) is 0 Å². The molecule has 0 radical (unpaired) electrons. The first kappa shape index (κ1) is 14.9. The molecule has 5 nitrogen and oxygen atoms in total. The van der Waals surface area contributed by atoms with Gasteiger partial charge in [-0.2, -0.15) is 0 Å². The number of hydrogen-bond donors (Lipinski definition) is 1. The Morgan fingerprint density at radius 3 is 2.60 bits per heavy atom. The molecule has 1 N–H and O–H groups in total. The predicted molar refractivity (Wildman–Crippen MR) is 78.6 cm³/mol. The smallest absolute Gasteiger partial charge is 0.265 e. The number of methoxy groups -OCH3 is 2. The number of H-pyrrole nitrogens is 1. The Morgan fingerprint density at radius 2 is 2.00 bits per heavy atom. The maximum atomic E-state index is 11.9. The zero-order valence-corrected chi connectivity index (χ0v) is 12.8. The van der Waals surface area contributed by atoms with Gasteiger partial charge >= 0.3 is 0 Å². The average Bonchev–Trinajstić information content (AvgIpc) is 2.46. The molecule has 106 valence electrons. The van der Waals surface area contributed by atoms with Crippen molar-refractivity contribution in [2.24, 2.45) is 0 Å². The molecule has 0 bridgehead atoms. The normalized spacial score (nSPS) is 12.3. The lowest BCUT2D eigenvalue weighted by Crippen LogP contribution is -2.19. The predicted octanol–water partition coefficient (Wildman–Crippen LogP) is 2.41. The minimum atomic E-state index is -0.424. The van der Waals surface area contributed by atoms with Gasteiger partial charge in [0, 0.05) is 14.2 Å². The third-order valence-corrected chi connectivity index (χ3v) is 3.63. The molecule has 1 atom stereocenters. The third kappa shape index (κ3) is 3.15. The largest absolute Gasteiger partial charge is 0.378 e. The van der Waals surface area contributed by atoms with Crippen molar-refractivity contribution in [2.45, 2.75) is 12.7 Å². The van der Waals surface area contributed by atoms with Gasteiger partial charge in [-0.1, -0.05) is 30.3 Å². The van der Waals surface area contributed by atoms with Crippen LogP contribution in [-0.2, 0) is 16.1 Å². The lowest BCUT2D eigenvalue weighted by Gasteiger charge is -2.16. The lowest BCUT2D eigenvalue weighted by atomic mass is 10.1. The van der Waals surface area contributed by atoms with Crippen molar-refractivity contribution < 1.29 is 9.47 Å². The Labute approximate surface area is 125 Å². The van der Waals surface area contributed by atoms with Crippen LogP contribution in [0.1, 0.15) is 23.2 Å². The number of aromatic nitrogens is 2. The van der Waals surface area contributed by atoms with Gasteiger partial charge in [0.15, 0.2) is 0 Å². The number of nitrogens with zero attached hydrogens (tertiary/aromatic N) is 1. The summed E-state index contributed by atoms with van der Waals surface area (Å²) in [5.74, 6) is 0.457. The van der Waals surface area contributed by atoms with E-state index in [1.807, 2.05) is 30.3 Å². The summed E-state index contributed by atoms with van der Waals surface area (Å²) in [7, 11) is 3.13. The van der Waals surface area contributed by atoms with Gasteiger partial charge in [0.05, 0.1) is 12.3 Å². The van der Waals surface area contributed by atoms with Gasteiger partial charge in [-0.3, -0.25) is 4.79 Å². The zero-order valence-electron chi connectivity index (χ0n) is 11.2. The van der Waals surface area contributed by atoms with Crippen LogP contribution < -0.4 is 5.56 Å². The molecule has 2 aromatic rings. The lowest BCUT2D eigenvalue weighted by molar-refractivity contribution is 0.127. The molecule has 1 unspecified atom stereocenters. The van der Waals surface area contributed by atoms with E-state index in [0.29, 0.717) is 16.0 Å². The van der Waals surface area contributed by atoms with Gasteiger partial charge in [0.2, 0.25) is 0 Å². The standard InChI is InChI=1S/C14H15BrN2O3/c1-19-8-10-11(15)14(18)17-13(16-10)12(20-2)9-6-4-3-5-7-9/h3-7,12H,8H2,1-2H3,(H,16,17,18). The summed E-state index contributed by atoms with van der Waals surface area (Å²) in [5, 5.41) is 0. The maximum absolute atomic E-state index is 11.9. The summed E-state index contributed by atoms with van der Waals surface area (Å²) in [6.45, 7) is 0.253. The molecule has 2 rings (SSSR count). The molecule has 0 saturated heterocycles. The van der Waals surface area contributed by atoms with E-state index in [0.717, 1.165) is 5.56 Å². The molecule has 6 heteroatoms. The van der Waals surface area contributed by atoms with Gasteiger partial charge in [0.1, 0.15) is 16.4 Å². The quantitative estimate of drug-likeness (QED) is 0.909. The van der Waals surface area contributed by atoms with Crippen LogP contribution >= 0.6 is 15.9 Å². The van der Waals surface area contributed by atoms with Crippen LogP contribution in [0.2, 0.25) is 0 Å². The van der Waals surface area contributed by atoms with E-state index >= 15 is 0 Å². The minimum Gasteiger partial charge on any atom is -0.378 e. The molecule has 20 heavy (non-hydrogen) atoms. The van der Waals surface area contributed by atoms with Gasteiger partial charge in [-0.25, -0.2) is 4.98 Å². The van der Waals surface area contributed by atoms with Crippen molar-refractivity contribution in [1.82, 2.24) is 9.97 Å². The fourth-order valence-corrected chi connectivity index (χ4v) is 2.22. The Hall–Kier alpha value is -1.50. The molecule has 0 aliphatic carbocycles. The second-order valence-electron chi connectivity index (χ2n) is 4.17. The van der Waals surface area contributed by atoms with Crippen molar-refractivity contribution in [3.05, 3.63) is 62.2 Å². The number of nitrogens with one attached hydrogen (secondary N) is 1. The van der Waals surface area contributed by atoms with Gasteiger partial charge in [-0.15, -0.1) is 0 Å². The molecule has 1 aromatic heterocycles. The first-order valence-electron chi connectivity index (χ1n) is 6.02. The highest BCUT2D eigenvalue weighted by atomic mass is 79.9. The summed E-state index contributed by atoms with van der Waals surface area (Å²) in [6, 6.07) is 9.59.